The van der Waals surface area contributed by atoms with Gasteiger partial charge < -0.3 is 15.0 Å². The van der Waals surface area contributed by atoms with Gasteiger partial charge in [-0.1, -0.05) is 13.8 Å². The van der Waals surface area contributed by atoms with E-state index in [0.29, 0.717) is 6.04 Å². The Morgan fingerprint density at radius 3 is 2.69 bits per heavy atom. The van der Waals surface area contributed by atoms with Crippen molar-refractivity contribution in [3.63, 3.8) is 0 Å². The predicted octanol–water partition coefficient (Wildman–Crippen LogP) is 1.73. The fourth-order valence-electron chi connectivity index (χ4n) is 2.23. The summed E-state index contributed by atoms with van der Waals surface area (Å²) in [5.74, 6) is 0.815. The summed E-state index contributed by atoms with van der Waals surface area (Å²) >= 11 is 0. The maximum absolute atomic E-state index is 5.48. The molecule has 0 radical (unpaired) electrons. The topological polar surface area (TPSA) is 24.5 Å². The van der Waals surface area contributed by atoms with Crippen LogP contribution < -0.4 is 5.32 Å². The molecule has 1 rings (SSSR count). The number of hydrogen-bond acceptors (Lipinski definition) is 3. The molecule has 0 aliphatic carbocycles. The number of likely N-dealkylation sites (tertiary alicyclic amines) is 1. The number of nitrogens with zero attached hydrogens (tertiary/aromatic N) is 1. The highest BCUT2D eigenvalue weighted by atomic mass is 16.5. The highest BCUT2D eigenvalue weighted by molar-refractivity contribution is 4.82. The van der Waals surface area contributed by atoms with Crippen LogP contribution in [0.5, 0.6) is 0 Å². The second-order valence-electron chi connectivity index (χ2n) is 5.92. The Morgan fingerprint density at radius 1 is 1.44 bits per heavy atom. The van der Waals surface area contributed by atoms with Crippen LogP contribution in [0.25, 0.3) is 0 Å². The largest absolute Gasteiger partial charge is 0.377 e. The maximum Gasteiger partial charge on any atom is 0.0749 e. The molecule has 1 saturated heterocycles. The van der Waals surface area contributed by atoms with Gasteiger partial charge in [0.25, 0.3) is 0 Å². The van der Waals surface area contributed by atoms with Crippen molar-refractivity contribution < 1.29 is 4.74 Å². The third-order valence-electron chi connectivity index (χ3n) is 3.34. The van der Waals surface area contributed by atoms with Gasteiger partial charge in [-0.15, -0.1) is 0 Å². The molecule has 1 atom stereocenters. The number of rotatable bonds is 6. The SMILES string of the molecule is COC(C)(C)CN1CCC(CNC(C)C)C1. The van der Waals surface area contributed by atoms with Crippen LogP contribution in [0, 0.1) is 5.92 Å². The highest BCUT2D eigenvalue weighted by Gasteiger charge is 2.27. The molecule has 3 heteroatoms. The molecule has 16 heavy (non-hydrogen) atoms. The Morgan fingerprint density at radius 2 is 2.12 bits per heavy atom. The van der Waals surface area contributed by atoms with Gasteiger partial charge in [0.15, 0.2) is 0 Å². The molecule has 0 aromatic carbocycles. The lowest BCUT2D eigenvalue weighted by Crippen LogP contribution is -2.39. The first-order valence-electron chi connectivity index (χ1n) is 6.44. The number of hydrogen-bond donors (Lipinski definition) is 1. The van der Waals surface area contributed by atoms with Crippen molar-refractivity contribution in [3.8, 4) is 0 Å². The van der Waals surface area contributed by atoms with E-state index in [4.69, 9.17) is 4.74 Å². The normalized spacial score (nSPS) is 23.2. The molecule has 3 nitrogen and oxygen atoms in total. The number of ether oxygens (including phenoxy) is 1. The van der Waals surface area contributed by atoms with Crippen molar-refractivity contribution in [1.29, 1.82) is 0 Å². The summed E-state index contributed by atoms with van der Waals surface area (Å²) in [7, 11) is 1.80. The fourth-order valence-corrected chi connectivity index (χ4v) is 2.23. The van der Waals surface area contributed by atoms with Crippen molar-refractivity contribution in [3.05, 3.63) is 0 Å². The third kappa shape index (κ3) is 4.81. The maximum atomic E-state index is 5.48. The van der Waals surface area contributed by atoms with Crippen LogP contribution >= 0.6 is 0 Å². The minimum Gasteiger partial charge on any atom is -0.377 e. The molecule has 1 N–H and O–H groups in total. The van der Waals surface area contributed by atoms with Gasteiger partial charge in [0, 0.05) is 26.2 Å². The van der Waals surface area contributed by atoms with Crippen molar-refractivity contribution >= 4 is 0 Å². The van der Waals surface area contributed by atoms with Crippen molar-refractivity contribution in [2.75, 3.05) is 33.3 Å². The zero-order chi connectivity index (χ0) is 12.2. The van der Waals surface area contributed by atoms with E-state index in [1.165, 1.54) is 19.5 Å². The summed E-state index contributed by atoms with van der Waals surface area (Å²) in [6, 6.07) is 0.601. The first-order chi connectivity index (χ1) is 7.43. The number of nitrogens with one attached hydrogen (secondary N) is 1. The molecule has 1 heterocycles. The van der Waals surface area contributed by atoms with E-state index in [-0.39, 0.29) is 5.60 Å². The van der Waals surface area contributed by atoms with Crippen LogP contribution in [0.4, 0.5) is 0 Å². The average Bonchev–Trinajstić information content (AvgIpc) is 2.62. The van der Waals surface area contributed by atoms with E-state index < -0.39 is 0 Å². The molecular formula is C13H28N2O. The first-order valence-corrected chi connectivity index (χ1v) is 6.44. The summed E-state index contributed by atoms with van der Waals surface area (Å²) in [5, 5.41) is 3.53. The molecule has 96 valence electrons. The van der Waals surface area contributed by atoms with Gasteiger partial charge in [0.2, 0.25) is 0 Å². The van der Waals surface area contributed by atoms with Gasteiger partial charge in [0.05, 0.1) is 5.60 Å². The molecule has 0 aromatic heterocycles. The van der Waals surface area contributed by atoms with E-state index in [1.807, 2.05) is 0 Å². The fraction of sp³-hybridized carbons (Fsp3) is 1.00. The van der Waals surface area contributed by atoms with Gasteiger partial charge in [-0.2, -0.15) is 0 Å². The lowest BCUT2D eigenvalue weighted by atomic mass is 10.1. The number of methoxy groups -OCH3 is 1. The Bertz CT molecular complexity index is 204. The molecule has 1 aliphatic heterocycles. The minimum absolute atomic E-state index is 0.0135. The van der Waals surface area contributed by atoms with Crippen LogP contribution in [-0.4, -0.2) is 49.8 Å². The van der Waals surface area contributed by atoms with E-state index in [9.17, 15) is 0 Å². The Kier molecular flexibility index (Phi) is 5.22. The smallest absolute Gasteiger partial charge is 0.0749 e. The predicted molar refractivity (Wildman–Crippen MR) is 68.8 cm³/mol. The molecule has 1 fully saturated rings. The Labute approximate surface area is 101 Å². The van der Waals surface area contributed by atoms with Gasteiger partial charge >= 0.3 is 0 Å². The minimum atomic E-state index is -0.0135. The molecule has 0 saturated carbocycles. The van der Waals surface area contributed by atoms with Gasteiger partial charge in [-0.3, -0.25) is 0 Å². The quantitative estimate of drug-likeness (QED) is 0.749. The summed E-state index contributed by atoms with van der Waals surface area (Å²) in [4.78, 5) is 2.52. The monoisotopic (exact) mass is 228 g/mol. The Hall–Kier alpha value is -0.120. The van der Waals surface area contributed by atoms with Gasteiger partial charge in [-0.25, -0.2) is 0 Å². The Balaban J connectivity index is 2.24. The summed E-state index contributed by atoms with van der Waals surface area (Å²) in [6.45, 7) is 13.4. The summed E-state index contributed by atoms with van der Waals surface area (Å²) < 4.78 is 5.48. The second kappa shape index (κ2) is 5.99. The zero-order valence-electron chi connectivity index (χ0n) is 11.5. The van der Waals surface area contributed by atoms with Gasteiger partial charge in [0.1, 0.15) is 0 Å². The first kappa shape index (κ1) is 13.9. The van der Waals surface area contributed by atoms with Gasteiger partial charge in [-0.05, 0) is 39.3 Å². The standard InChI is InChI=1S/C13H28N2O/c1-11(2)14-8-12-6-7-15(9-12)10-13(3,4)16-5/h11-12,14H,6-10H2,1-5H3. The van der Waals surface area contributed by atoms with Crippen LogP contribution in [0.3, 0.4) is 0 Å². The molecular weight excluding hydrogens is 200 g/mol. The molecule has 0 aromatic rings. The van der Waals surface area contributed by atoms with Crippen LogP contribution in [0.2, 0.25) is 0 Å². The van der Waals surface area contributed by atoms with Crippen LogP contribution in [0.1, 0.15) is 34.1 Å². The van der Waals surface area contributed by atoms with E-state index in [1.54, 1.807) is 7.11 Å². The molecule has 1 unspecified atom stereocenters. The van der Waals surface area contributed by atoms with Crippen molar-refractivity contribution in [2.24, 2.45) is 5.92 Å². The molecule has 1 aliphatic rings. The second-order valence-corrected chi connectivity index (χ2v) is 5.92. The molecule has 0 amide bonds. The summed E-state index contributed by atoms with van der Waals surface area (Å²) in [6.07, 6.45) is 1.32. The molecule has 0 spiro atoms. The van der Waals surface area contributed by atoms with Crippen LogP contribution in [0.15, 0.2) is 0 Å². The van der Waals surface area contributed by atoms with E-state index >= 15 is 0 Å². The van der Waals surface area contributed by atoms with E-state index in [0.717, 1.165) is 19.0 Å². The summed E-state index contributed by atoms with van der Waals surface area (Å²) in [5.41, 5.74) is -0.0135. The van der Waals surface area contributed by atoms with Crippen molar-refractivity contribution in [1.82, 2.24) is 10.2 Å². The lowest BCUT2D eigenvalue weighted by molar-refractivity contribution is -0.00319. The van der Waals surface area contributed by atoms with Crippen LogP contribution in [-0.2, 0) is 4.74 Å². The van der Waals surface area contributed by atoms with Crippen molar-refractivity contribution in [2.45, 2.75) is 45.8 Å². The molecule has 0 bridgehead atoms. The highest BCUT2D eigenvalue weighted by Crippen LogP contribution is 2.19. The van der Waals surface area contributed by atoms with E-state index in [2.05, 4.69) is 37.9 Å². The lowest BCUT2D eigenvalue weighted by Gasteiger charge is -2.29. The zero-order valence-corrected chi connectivity index (χ0v) is 11.5. The third-order valence-corrected chi connectivity index (χ3v) is 3.34. The average molecular weight is 228 g/mol.